The van der Waals surface area contributed by atoms with Crippen LogP contribution in [-0.2, 0) is 12.0 Å². The number of nitrogens with zero attached hydrogens (tertiary/aromatic N) is 1. The maximum Gasteiger partial charge on any atom is 0.0812 e. The normalized spacial score (nSPS) is 13.8. The molecule has 1 spiro atoms. The van der Waals surface area contributed by atoms with Gasteiger partial charge in [-0.05, 0) is 103 Å². The van der Waals surface area contributed by atoms with Crippen LogP contribution in [0.2, 0.25) is 0 Å². The first-order valence-electron chi connectivity index (χ1n) is 18.7. The van der Waals surface area contributed by atoms with Gasteiger partial charge in [0.05, 0.1) is 23.0 Å². The van der Waals surface area contributed by atoms with Gasteiger partial charge in [-0.25, -0.2) is 0 Å². The average Bonchev–Trinajstić information content (AvgIpc) is 3.54. The molecular formula is C51H39N3. The van der Waals surface area contributed by atoms with Crippen LogP contribution in [0.4, 0.5) is 17.1 Å². The van der Waals surface area contributed by atoms with Crippen LogP contribution in [0.15, 0.2) is 200 Å². The van der Waals surface area contributed by atoms with Crippen molar-refractivity contribution < 1.29 is 0 Å². The summed E-state index contributed by atoms with van der Waals surface area (Å²) in [5.74, 6) is 0. The summed E-state index contributed by atoms with van der Waals surface area (Å²) in [6, 6.07) is 72.6. The number of benzene rings is 8. The summed E-state index contributed by atoms with van der Waals surface area (Å²) in [5.41, 5.74) is 24.6. The largest absolute Gasteiger partial charge is 0.312 e. The average molecular weight is 694 g/mol. The number of nitrogens with two attached hydrogens (primary N) is 1. The minimum absolute atomic E-state index is 0.315. The first kappa shape index (κ1) is 32.2. The molecule has 8 aromatic rings. The van der Waals surface area contributed by atoms with Crippen molar-refractivity contribution in [3.05, 3.63) is 234 Å². The molecule has 1 atom stereocenters. The predicted octanol–water partition coefficient (Wildman–Crippen LogP) is 11.9. The number of para-hydroxylation sites is 3. The van der Waals surface area contributed by atoms with Gasteiger partial charge in [0.15, 0.2) is 0 Å². The number of hydrogen-bond donors (Lipinski definition) is 2. The highest BCUT2D eigenvalue weighted by atomic mass is 15.2. The first-order valence-corrected chi connectivity index (χ1v) is 18.7. The number of fused-ring (bicyclic) bond motifs is 9. The molecule has 3 heteroatoms. The van der Waals surface area contributed by atoms with Crippen molar-refractivity contribution in [1.29, 1.82) is 0 Å². The van der Waals surface area contributed by atoms with Crippen LogP contribution in [0, 0.1) is 0 Å². The van der Waals surface area contributed by atoms with E-state index in [4.69, 9.17) is 5.73 Å². The third kappa shape index (κ3) is 5.13. The van der Waals surface area contributed by atoms with Crippen LogP contribution < -0.4 is 16.0 Å². The zero-order valence-corrected chi connectivity index (χ0v) is 29.9. The Hall–Kier alpha value is -6.52. The second kappa shape index (κ2) is 13.2. The van der Waals surface area contributed by atoms with Gasteiger partial charge >= 0.3 is 0 Å². The third-order valence-corrected chi connectivity index (χ3v) is 11.3. The second-order valence-corrected chi connectivity index (χ2v) is 14.3. The molecule has 54 heavy (non-hydrogen) atoms. The Kier molecular flexibility index (Phi) is 7.83. The lowest BCUT2D eigenvalue weighted by Crippen LogP contribution is -2.36. The van der Waals surface area contributed by atoms with E-state index in [2.05, 4.69) is 204 Å². The maximum absolute atomic E-state index is 6.82. The Balaban J connectivity index is 1.04. The summed E-state index contributed by atoms with van der Waals surface area (Å²) in [6.07, 6.45) is -0.315. The van der Waals surface area contributed by atoms with Gasteiger partial charge in [0.1, 0.15) is 0 Å². The van der Waals surface area contributed by atoms with E-state index >= 15 is 0 Å². The summed E-state index contributed by atoms with van der Waals surface area (Å²) in [4.78, 5) is 2.43. The minimum Gasteiger partial charge on any atom is -0.312 e. The quantitative estimate of drug-likeness (QED) is 0.163. The molecule has 1 heterocycles. The van der Waals surface area contributed by atoms with Crippen molar-refractivity contribution in [3.63, 3.8) is 0 Å². The summed E-state index contributed by atoms with van der Waals surface area (Å²) < 4.78 is 0. The van der Waals surface area contributed by atoms with Gasteiger partial charge in [-0.15, -0.1) is 0 Å². The van der Waals surface area contributed by atoms with Gasteiger partial charge in [-0.1, -0.05) is 164 Å². The van der Waals surface area contributed by atoms with Gasteiger partial charge in [0.25, 0.3) is 0 Å². The molecule has 0 fully saturated rings. The van der Waals surface area contributed by atoms with E-state index < -0.39 is 5.41 Å². The fourth-order valence-electron chi connectivity index (χ4n) is 8.84. The molecule has 0 bridgehead atoms. The molecule has 0 saturated carbocycles. The van der Waals surface area contributed by atoms with Crippen LogP contribution in [0.1, 0.15) is 39.5 Å². The van der Waals surface area contributed by atoms with E-state index in [9.17, 15) is 0 Å². The number of anilines is 3. The van der Waals surface area contributed by atoms with Crippen molar-refractivity contribution in [2.45, 2.75) is 18.1 Å². The first-order chi connectivity index (χ1) is 26.7. The third-order valence-electron chi connectivity index (χ3n) is 11.3. The molecule has 3 nitrogen and oxygen atoms in total. The summed E-state index contributed by atoms with van der Waals surface area (Å²) in [7, 11) is 0. The molecule has 1 unspecified atom stereocenters. The summed E-state index contributed by atoms with van der Waals surface area (Å²) >= 11 is 0. The van der Waals surface area contributed by atoms with E-state index in [0.717, 1.165) is 16.8 Å². The molecule has 0 radical (unpaired) electrons. The molecule has 10 rings (SSSR count). The van der Waals surface area contributed by atoms with Crippen LogP contribution in [0.25, 0.3) is 33.4 Å². The molecule has 3 N–H and O–H groups in total. The SMILES string of the molecule is NC(NCc1ccc(-c2ccccc2)cc1)c1cccc(-c2ccc3c(c2)C2(c4ccccc4-3)c3ccccc3N(c3ccccc3)c3ccccc32)c1. The van der Waals surface area contributed by atoms with Crippen molar-refractivity contribution in [1.82, 2.24) is 5.32 Å². The Morgan fingerprint density at radius 1 is 0.444 bits per heavy atom. The fourth-order valence-corrected chi connectivity index (χ4v) is 8.84. The Morgan fingerprint density at radius 2 is 0.981 bits per heavy atom. The smallest absolute Gasteiger partial charge is 0.0812 e. The van der Waals surface area contributed by atoms with E-state index in [0.29, 0.717) is 6.54 Å². The maximum atomic E-state index is 6.82. The Bertz CT molecular complexity index is 2580. The van der Waals surface area contributed by atoms with Gasteiger partial charge in [-0.2, -0.15) is 0 Å². The zero-order valence-electron chi connectivity index (χ0n) is 29.9. The highest BCUT2D eigenvalue weighted by molar-refractivity contribution is 5.96. The van der Waals surface area contributed by atoms with Crippen LogP contribution in [0.3, 0.4) is 0 Å². The minimum atomic E-state index is -0.494. The van der Waals surface area contributed by atoms with Crippen LogP contribution >= 0.6 is 0 Å². The standard InChI is InChI=1S/C51H39N3/c52-50(53-34-35-26-28-37(29-27-35)36-14-3-1-4-15-36)40-17-13-16-38(32-40)39-30-31-43-42-20-7-8-21-44(42)51(47(43)33-39)45-22-9-11-24-48(45)54(41-18-5-2-6-19-41)49-25-12-10-23-46(49)51/h1-33,50,53H,34,52H2. The molecule has 1 aliphatic heterocycles. The number of rotatable bonds is 7. The summed E-state index contributed by atoms with van der Waals surface area (Å²) in [5, 5.41) is 3.57. The van der Waals surface area contributed by atoms with Crippen LogP contribution in [-0.4, -0.2) is 0 Å². The highest BCUT2D eigenvalue weighted by Gasteiger charge is 2.51. The monoisotopic (exact) mass is 693 g/mol. The van der Waals surface area contributed by atoms with E-state index in [1.165, 1.54) is 67.0 Å². The molecular weight excluding hydrogens is 655 g/mol. The van der Waals surface area contributed by atoms with E-state index in [1.807, 2.05) is 6.07 Å². The topological polar surface area (TPSA) is 41.3 Å². The lowest BCUT2D eigenvalue weighted by molar-refractivity contribution is 0.552. The Morgan fingerprint density at radius 3 is 1.70 bits per heavy atom. The van der Waals surface area contributed by atoms with E-state index in [-0.39, 0.29) is 6.17 Å². The summed E-state index contributed by atoms with van der Waals surface area (Å²) in [6.45, 7) is 0.679. The molecule has 0 saturated heterocycles. The zero-order chi connectivity index (χ0) is 36.1. The molecule has 8 aromatic carbocycles. The second-order valence-electron chi connectivity index (χ2n) is 14.3. The van der Waals surface area contributed by atoms with Gasteiger partial charge in [0, 0.05) is 12.2 Å². The predicted molar refractivity (Wildman–Crippen MR) is 223 cm³/mol. The van der Waals surface area contributed by atoms with Crippen molar-refractivity contribution in [2.24, 2.45) is 5.73 Å². The lowest BCUT2D eigenvalue weighted by Gasteiger charge is -2.45. The molecule has 258 valence electrons. The van der Waals surface area contributed by atoms with Gasteiger partial charge < -0.3 is 10.6 Å². The van der Waals surface area contributed by atoms with E-state index in [1.54, 1.807) is 0 Å². The molecule has 0 amide bonds. The van der Waals surface area contributed by atoms with Crippen molar-refractivity contribution in [2.75, 3.05) is 4.90 Å². The van der Waals surface area contributed by atoms with Gasteiger partial charge in [-0.3, -0.25) is 5.32 Å². The highest BCUT2D eigenvalue weighted by Crippen LogP contribution is 2.63. The molecule has 1 aliphatic carbocycles. The molecule has 0 aromatic heterocycles. The van der Waals surface area contributed by atoms with Crippen molar-refractivity contribution in [3.8, 4) is 33.4 Å². The number of nitrogens with one attached hydrogen (secondary N) is 1. The van der Waals surface area contributed by atoms with Gasteiger partial charge in [0.2, 0.25) is 0 Å². The lowest BCUT2D eigenvalue weighted by atomic mass is 9.64. The van der Waals surface area contributed by atoms with Crippen molar-refractivity contribution >= 4 is 17.1 Å². The molecule has 2 aliphatic rings. The Labute approximate surface area is 317 Å². The number of hydrogen-bond acceptors (Lipinski definition) is 3. The van der Waals surface area contributed by atoms with Crippen LogP contribution in [0.5, 0.6) is 0 Å². The fraction of sp³-hybridized carbons (Fsp3) is 0.0588.